The molecule has 1 aliphatic rings. The van der Waals surface area contributed by atoms with E-state index in [1.54, 1.807) is 0 Å². The zero-order chi connectivity index (χ0) is 14.5. The highest BCUT2D eigenvalue weighted by molar-refractivity contribution is 5.76. The average Bonchev–Trinajstić information content (AvgIpc) is 2.47. The van der Waals surface area contributed by atoms with E-state index < -0.39 is 0 Å². The summed E-state index contributed by atoms with van der Waals surface area (Å²) in [6.45, 7) is 3.86. The van der Waals surface area contributed by atoms with Crippen molar-refractivity contribution in [3.63, 3.8) is 0 Å². The number of nitrogens with zero attached hydrogens (tertiary/aromatic N) is 2. The second kappa shape index (κ2) is 6.36. The first-order chi connectivity index (χ1) is 9.67. The van der Waals surface area contributed by atoms with Crippen molar-refractivity contribution in [1.29, 1.82) is 5.26 Å². The fraction of sp³-hybridized carbons (Fsp3) is 0.375. The lowest BCUT2D eigenvalue weighted by Crippen LogP contribution is -2.43. The van der Waals surface area contributed by atoms with Crippen LogP contribution in [0.2, 0.25) is 0 Å². The summed E-state index contributed by atoms with van der Waals surface area (Å²) in [6, 6.07) is 12.1. The number of benzene rings is 1. The van der Waals surface area contributed by atoms with Gasteiger partial charge in [0.1, 0.15) is 18.0 Å². The van der Waals surface area contributed by atoms with Gasteiger partial charge in [-0.05, 0) is 18.6 Å². The van der Waals surface area contributed by atoms with Crippen molar-refractivity contribution in [2.45, 2.75) is 32.4 Å². The molecule has 0 radical (unpaired) electrons. The van der Waals surface area contributed by atoms with E-state index in [4.69, 9.17) is 4.74 Å². The number of carbonyl (C=O) groups is 1. The quantitative estimate of drug-likeness (QED) is 0.848. The molecule has 0 aliphatic carbocycles. The highest BCUT2D eigenvalue weighted by atomic mass is 16.5. The maximum Gasteiger partial charge on any atom is 0.226 e. The van der Waals surface area contributed by atoms with Gasteiger partial charge in [-0.3, -0.25) is 9.69 Å². The Morgan fingerprint density at radius 2 is 2.15 bits per heavy atom. The highest BCUT2D eigenvalue weighted by Crippen LogP contribution is 2.33. The van der Waals surface area contributed by atoms with Crippen LogP contribution in [-0.4, -0.2) is 23.6 Å². The Hall–Kier alpha value is -2.12. The Bertz CT molecular complexity index is 545. The topological polar surface area (TPSA) is 53.3 Å². The lowest BCUT2D eigenvalue weighted by atomic mass is 9.90. The number of ether oxygens (including phenoxy) is 1. The summed E-state index contributed by atoms with van der Waals surface area (Å²) >= 11 is 0. The minimum absolute atomic E-state index is 0.0954. The van der Waals surface area contributed by atoms with Gasteiger partial charge in [-0.25, -0.2) is 0 Å². The van der Waals surface area contributed by atoms with E-state index in [0.717, 1.165) is 5.56 Å². The third-order valence-corrected chi connectivity index (χ3v) is 3.40. The molecule has 104 valence electrons. The minimum Gasteiger partial charge on any atom is -0.358 e. The summed E-state index contributed by atoms with van der Waals surface area (Å²) in [5.74, 6) is -0.0687. The lowest BCUT2D eigenvalue weighted by Gasteiger charge is -2.36. The van der Waals surface area contributed by atoms with Crippen LogP contribution in [0.25, 0.3) is 0 Å². The van der Waals surface area contributed by atoms with Crippen LogP contribution in [0.15, 0.2) is 42.1 Å². The SMILES string of the molecule is CCO[C@@H]1C[C@H](c2ccccc2)C=C(C#N)N1C(C)=O. The number of allylic oxidation sites excluding steroid dienone is 2. The van der Waals surface area contributed by atoms with Gasteiger partial charge in [-0.1, -0.05) is 30.3 Å². The second-order valence-electron chi connectivity index (χ2n) is 4.72. The molecule has 0 saturated heterocycles. The molecule has 2 atom stereocenters. The van der Waals surface area contributed by atoms with Gasteiger partial charge in [-0.2, -0.15) is 5.26 Å². The van der Waals surface area contributed by atoms with Gasteiger partial charge in [0.05, 0.1) is 0 Å². The van der Waals surface area contributed by atoms with Crippen molar-refractivity contribution in [2.24, 2.45) is 0 Å². The molecule has 2 rings (SSSR count). The van der Waals surface area contributed by atoms with Crippen molar-refractivity contribution >= 4 is 5.91 Å². The van der Waals surface area contributed by atoms with Crippen molar-refractivity contribution < 1.29 is 9.53 Å². The third kappa shape index (κ3) is 2.89. The van der Waals surface area contributed by atoms with E-state index in [9.17, 15) is 10.1 Å². The fourth-order valence-electron chi connectivity index (χ4n) is 2.55. The number of hydrogen-bond donors (Lipinski definition) is 0. The van der Waals surface area contributed by atoms with Gasteiger partial charge >= 0.3 is 0 Å². The number of nitriles is 1. The molecule has 20 heavy (non-hydrogen) atoms. The van der Waals surface area contributed by atoms with Gasteiger partial charge in [-0.15, -0.1) is 0 Å². The number of amides is 1. The maximum atomic E-state index is 11.8. The Morgan fingerprint density at radius 3 is 2.70 bits per heavy atom. The normalized spacial score (nSPS) is 22.1. The molecule has 0 bridgehead atoms. The van der Waals surface area contributed by atoms with Gasteiger partial charge < -0.3 is 4.74 Å². The van der Waals surface area contributed by atoms with Crippen LogP contribution in [0.1, 0.15) is 31.7 Å². The summed E-state index contributed by atoms with van der Waals surface area (Å²) in [7, 11) is 0. The summed E-state index contributed by atoms with van der Waals surface area (Å²) < 4.78 is 5.65. The Balaban J connectivity index is 2.37. The number of hydrogen-bond acceptors (Lipinski definition) is 3. The first-order valence-electron chi connectivity index (χ1n) is 6.75. The molecule has 0 fully saturated rings. The molecule has 1 aliphatic heterocycles. The third-order valence-electron chi connectivity index (χ3n) is 3.40. The minimum atomic E-state index is -0.373. The summed E-state index contributed by atoms with van der Waals surface area (Å²) in [6.07, 6.45) is 2.15. The molecule has 0 aromatic heterocycles. The van der Waals surface area contributed by atoms with E-state index in [1.165, 1.54) is 11.8 Å². The van der Waals surface area contributed by atoms with E-state index in [0.29, 0.717) is 18.7 Å². The van der Waals surface area contributed by atoms with E-state index >= 15 is 0 Å². The van der Waals surface area contributed by atoms with Crippen LogP contribution in [0, 0.1) is 11.3 Å². The van der Waals surface area contributed by atoms with Crippen molar-refractivity contribution in [1.82, 2.24) is 4.90 Å². The van der Waals surface area contributed by atoms with Crippen LogP contribution in [0.3, 0.4) is 0 Å². The molecule has 1 heterocycles. The molecule has 1 aromatic rings. The van der Waals surface area contributed by atoms with Crippen LogP contribution in [0.5, 0.6) is 0 Å². The number of carbonyl (C=O) groups excluding carboxylic acids is 1. The van der Waals surface area contributed by atoms with E-state index in [1.807, 2.05) is 43.3 Å². The van der Waals surface area contributed by atoms with Crippen LogP contribution < -0.4 is 0 Å². The summed E-state index contributed by atoms with van der Waals surface area (Å²) in [4.78, 5) is 13.2. The number of rotatable bonds is 3. The monoisotopic (exact) mass is 270 g/mol. The zero-order valence-electron chi connectivity index (χ0n) is 11.7. The Morgan fingerprint density at radius 1 is 1.45 bits per heavy atom. The molecule has 4 nitrogen and oxygen atoms in total. The molecule has 0 N–H and O–H groups in total. The molecule has 0 saturated carbocycles. The van der Waals surface area contributed by atoms with Gasteiger partial charge in [0.15, 0.2) is 0 Å². The molecule has 1 amide bonds. The lowest BCUT2D eigenvalue weighted by molar-refractivity contribution is -0.140. The largest absolute Gasteiger partial charge is 0.358 e. The van der Waals surface area contributed by atoms with Crippen molar-refractivity contribution in [3.8, 4) is 6.07 Å². The highest BCUT2D eigenvalue weighted by Gasteiger charge is 2.32. The molecular formula is C16H18N2O2. The maximum absolute atomic E-state index is 11.8. The van der Waals surface area contributed by atoms with Crippen LogP contribution >= 0.6 is 0 Å². The summed E-state index contributed by atoms with van der Waals surface area (Å²) in [5, 5.41) is 9.29. The van der Waals surface area contributed by atoms with Crippen molar-refractivity contribution in [2.75, 3.05) is 6.61 Å². The molecule has 0 spiro atoms. The first-order valence-corrected chi connectivity index (χ1v) is 6.75. The molecule has 1 aromatic carbocycles. The smallest absolute Gasteiger partial charge is 0.226 e. The predicted octanol–water partition coefficient (Wildman–Crippen LogP) is 2.79. The van der Waals surface area contributed by atoms with E-state index in [2.05, 4.69) is 6.07 Å². The van der Waals surface area contributed by atoms with Gasteiger partial charge in [0.25, 0.3) is 0 Å². The average molecular weight is 270 g/mol. The zero-order valence-corrected chi connectivity index (χ0v) is 11.7. The van der Waals surface area contributed by atoms with Gasteiger partial charge in [0.2, 0.25) is 5.91 Å². The summed E-state index contributed by atoms with van der Waals surface area (Å²) in [5.41, 5.74) is 1.50. The second-order valence-corrected chi connectivity index (χ2v) is 4.72. The first kappa shape index (κ1) is 14.3. The predicted molar refractivity (Wildman–Crippen MR) is 75.4 cm³/mol. The van der Waals surface area contributed by atoms with Crippen LogP contribution in [-0.2, 0) is 9.53 Å². The van der Waals surface area contributed by atoms with E-state index in [-0.39, 0.29) is 18.1 Å². The fourth-order valence-corrected chi connectivity index (χ4v) is 2.55. The van der Waals surface area contributed by atoms with Gasteiger partial charge in [0, 0.05) is 25.9 Å². The molecule has 4 heteroatoms. The standard InChI is InChI=1S/C16H18N2O2/c1-3-20-16-10-14(13-7-5-4-6-8-13)9-15(11-17)18(16)12(2)19/h4-9,14,16H,3,10H2,1-2H3/t14-,16-/m1/s1. The molecular weight excluding hydrogens is 252 g/mol. The Kier molecular flexibility index (Phi) is 4.54. The van der Waals surface area contributed by atoms with Crippen molar-refractivity contribution in [3.05, 3.63) is 47.7 Å². The van der Waals surface area contributed by atoms with Crippen LogP contribution in [0.4, 0.5) is 0 Å². The Labute approximate surface area is 119 Å². The molecule has 0 unspecified atom stereocenters.